The number of allylic oxidation sites excluding steroid dienone is 2. The smallest absolute Gasteiger partial charge is 0.0838 e. The molecule has 1 aliphatic heterocycles. The molecule has 138 valence electrons. The highest BCUT2D eigenvalue weighted by Crippen LogP contribution is 2.41. The van der Waals surface area contributed by atoms with Crippen LogP contribution in [0.2, 0.25) is 0 Å². The van der Waals surface area contributed by atoms with E-state index in [4.69, 9.17) is 4.74 Å². The van der Waals surface area contributed by atoms with Crippen molar-refractivity contribution in [1.29, 1.82) is 0 Å². The lowest BCUT2D eigenvalue weighted by molar-refractivity contribution is -0.134. The maximum atomic E-state index is 10.5. The van der Waals surface area contributed by atoms with E-state index >= 15 is 0 Å². The van der Waals surface area contributed by atoms with Crippen LogP contribution in [0.4, 0.5) is 0 Å². The van der Waals surface area contributed by atoms with Gasteiger partial charge in [-0.2, -0.15) is 0 Å². The minimum atomic E-state index is -0.221. The lowest BCUT2D eigenvalue weighted by atomic mass is 9.73. The van der Waals surface area contributed by atoms with Gasteiger partial charge in [-0.3, -0.25) is 0 Å². The number of hydrogen-bond acceptors (Lipinski definition) is 2. The van der Waals surface area contributed by atoms with E-state index in [2.05, 4.69) is 45.9 Å². The summed E-state index contributed by atoms with van der Waals surface area (Å²) < 4.78 is 6.52. The van der Waals surface area contributed by atoms with Gasteiger partial charge in [0.05, 0.1) is 17.8 Å². The highest BCUT2D eigenvalue weighted by molar-refractivity contribution is 5.11. The lowest BCUT2D eigenvalue weighted by Gasteiger charge is -2.45. The number of aliphatic hydroxyl groups excluding tert-OH is 1. The molecular formula is C22H38O2. The van der Waals surface area contributed by atoms with Crippen molar-refractivity contribution in [1.82, 2.24) is 0 Å². The summed E-state index contributed by atoms with van der Waals surface area (Å²) in [7, 11) is 0. The molecule has 0 aromatic rings. The number of ether oxygens (including phenoxy) is 1. The number of fused-ring (bicyclic) bond motifs is 1. The Morgan fingerprint density at radius 2 is 2.04 bits per heavy atom. The molecule has 0 bridgehead atoms. The summed E-state index contributed by atoms with van der Waals surface area (Å²) in [5.41, 5.74) is 1.24. The van der Waals surface area contributed by atoms with Gasteiger partial charge in [0.15, 0.2) is 0 Å². The molecule has 5 unspecified atom stereocenters. The molecule has 24 heavy (non-hydrogen) atoms. The van der Waals surface area contributed by atoms with Gasteiger partial charge < -0.3 is 9.84 Å². The van der Waals surface area contributed by atoms with Crippen LogP contribution in [0.15, 0.2) is 23.8 Å². The summed E-state index contributed by atoms with van der Waals surface area (Å²) >= 11 is 0. The third-order valence-corrected chi connectivity index (χ3v) is 5.75. The zero-order valence-corrected chi connectivity index (χ0v) is 16.3. The van der Waals surface area contributed by atoms with Crippen molar-refractivity contribution >= 4 is 0 Å². The van der Waals surface area contributed by atoms with Crippen molar-refractivity contribution in [2.45, 2.75) is 103 Å². The standard InChI is InChI=1S/C22H38O2/c1-5-6-7-11-18-15-20(23)19-12-14-22(4,24-21(19)16-18)13-9-8-10-17(2)3/h10,12,14,18-21,23H,5-9,11,13,15-16H2,1-4H3. The molecule has 1 aliphatic carbocycles. The van der Waals surface area contributed by atoms with Crippen LogP contribution in [0.1, 0.15) is 85.5 Å². The molecule has 5 atom stereocenters. The maximum absolute atomic E-state index is 10.5. The van der Waals surface area contributed by atoms with Crippen molar-refractivity contribution in [2.75, 3.05) is 0 Å². The molecule has 1 heterocycles. The SMILES string of the molecule is CCCCCC1CC(O)C2C=CC(C)(CCCC=C(C)C)OC2C1. The molecule has 2 nitrogen and oxygen atoms in total. The zero-order valence-electron chi connectivity index (χ0n) is 16.3. The predicted molar refractivity (Wildman–Crippen MR) is 102 cm³/mol. The van der Waals surface area contributed by atoms with Crippen molar-refractivity contribution in [3.63, 3.8) is 0 Å². The Labute approximate surface area is 149 Å². The highest BCUT2D eigenvalue weighted by atomic mass is 16.5. The molecule has 0 aromatic heterocycles. The molecule has 1 fully saturated rings. The lowest BCUT2D eigenvalue weighted by Crippen LogP contribution is -2.47. The van der Waals surface area contributed by atoms with Gasteiger partial charge in [0.2, 0.25) is 0 Å². The molecule has 1 N–H and O–H groups in total. The Hall–Kier alpha value is -0.600. The van der Waals surface area contributed by atoms with E-state index in [1.807, 2.05) is 0 Å². The van der Waals surface area contributed by atoms with Crippen molar-refractivity contribution in [2.24, 2.45) is 11.8 Å². The van der Waals surface area contributed by atoms with Gasteiger partial charge in [-0.25, -0.2) is 0 Å². The van der Waals surface area contributed by atoms with E-state index in [9.17, 15) is 5.11 Å². The van der Waals surface area contributed by atoms with E-state index in [-0.39, 0.29) is 23.7 Å². The van der Waals surface area contributed by atoms with Crippen LogP contribution >= 0.6 is 0 Å². The van der Waals surface area contributed by atoms with Crippen LogP contribution in [-0.2, 0) is 4.74 Å². The summed E-state index contributed by atoms with van der Waals surface area (Å²) in [6.07, 6.45) is 17.3. The second-order valence-electron chi connectivity index (χ2n) is 8.48. The normalized spacial score (nSPS) is 35.5. The van der Waals surface area contributed by atoms with Crippen LogP contribution in [0.3, 0.4) is 0 Å². The first kappa shape index (κ1) is 19.7. The number of aliphatic hydroxyl groups is 1. The monoisotopic (exact) mass is 334 g/mol. The number of unbranched alkanes of at least 4 members (excludes halogenated alkanes) is 3. The average molecular weight is 335 g/mol. The molecule has 0 radical (unpaired) electrons. The first-order valence-electron chi connectivity index (χ1n) is 10.1. The van der Waals surface area contributed by atoms with Crippen LogP contribution in [0, 0.1) is 11.8 Å². The van der Waals surface area contributed by atoms with Crippen LogP contribution in [-0.4, -0.2) is 22.9 Å². The third kappa shape index (κ3) is 5.74. The Balaban J connectivity index is 1.89. The van der Waals surface area contributed by atoms with Crippen molar-refractivity contribution in [3.8, 4) is 0 Å². The van der Waals surface area contributed by atoms with Crippen molar-refractivity contribution in [3.05, 3.63) is 23.8 Å². The van der Waals surface area contributed by atoms with Gasteiger partial charge in [-0.15, -0.1) is 0 Å². The number of hydrogen-bond donors (Lipinski definition) is 1. The van der Waals surface area contributed by atoms with Crippen LogP contribution in [0.5, 0.6) is 0 Å². The Morgan fingerprint density at radius 1 is 1.25 bits per heavy atom. The minimum Gasteiger partial charge on any atom is -0.392 e. The Bertz CT molecular complexity index is 435. The average Bonchev–Trinajstić information content (AvgIpc) is 2.51. The topological polar surface area (TPSA) is 29.5 Å². The summed E-state index contributed by atoms with van der Waals surface area (Å²) in [5, 5.41) is 10.5. The van der Waals surface area contributed by atoms with Crippen molar-refractivity contribution < 1.29 is 9.84 Å². The second kappa shape index (κ2) is 9.20. The molecule has 0 aromatic carbocycles. The fourth-order valence-electron chi connectivity index (χ4n) is 4.31. The molecule has 2 heteroatoms. The van der Waals surface area contributed by atoms with E-state index in [0.29, 0.717) is 5.92 Å². The van der Waals surface area contributed by atoms with Crippen LogP contribution in [0.25, 0.3) is 0 Å². The quantitative estimate of drug-likeness (QED) is 0.449. The largest absolute Gasteiger partial charge is 0.392 e. The summed E-state index contributed by atoms with van der Waals surface area (Å²) in [4.78, 5) is 0. The molecular weight excluding hydrogens is 296 g/mol. The van der Waals surface area contributed by atoms with E-state index in [1.54, 1.807) is 0 Å². The van der Waals surface area contributed by atoms with Gasteiger partial charge in [-0.05, 0) is 58.8 Å². The Kier molecular flexibility index (Phi) is 7.56. The molecule has 2 aliphatic rings. The van der Waals surface area contributed by atoms with Gasteiger partial charge in [0.25, 0.3) is 0 Å². The molecule has 1 saturated carbocycles. The molecule has 0 amide bonds. The van der Waals surface area contributed by atoms with E-state index < -0.39 is 0 Å². The van der Waals surface area contributed by atoms with E-state index in [1.165, 1.54) is 31.3 Å². The molecule has 2 rings (SSSR count). The highest BCUT2D eigenvalue weighted by Gasteiger charge is 2.42. The van der Waals surface area contributed by atoms with Gasteiger partial charge in [-0.1, -0.05) is 56.4 Å². The molecule has 0 saturated heterocycles. The fraction of sp³-hybridized carbons (Fsp3) is 0.818. The van der Waals surface area contributed by atoms with E-state index in [0.717, 1.165) is 32.1 Å². The maximum Gasteiger partial charge on any atom is 0.0838 e. The van der Waals surface area contributed by atoms with Gasteiger partial charge >= 0.3 is 0 Å². The van der Waals surface area contributed by atoms with Gasteiger partial charge in [0.1, 0.15) is 0 Å². The molecule has 0 spiro atoms. The first-order valence-corrected chi connectivity index (χ1v) is 10.1. The summed E-state index contributed by atoms with van der Waals surface area (Å²) in [5.74, 6) is 0.840. The Morgan fingerprint density at radius 3 is 2.75 bits per heavy atom. The first-order chi connectivity index (χ1) is 11.4. The predicted octanol–water partition coefficient (Wildman–Crippen LogP) is 5.80. The van der Waals surface area contributed by atoms with Crippen LogP contribution < -0.4 is 0 Å². The minimum absolute atomic E-state index is 0.151. The summed E-state index contributed by atoms with van der Waals surface area (Å²) in [6.45, 7) is 8.79. The third-order valence-electron chi connectivity index (χ3n) is 5.75. The number of rotatable bonds is 8. The fourth-order valence-corrected chi connectivity index (χ4v) is 4.31. The zero-order chi connectivity index (χ0) is 17.6. The summed E-state index contributed by atoms with van der Waals surface area (Å²) in [6, 6.07) is 0. The second-order valence-corrected chi connectivity index (χ2v) is 8.48. The van der Waals surface area contributed by atoms with Gasteiger partial charge in [0, 0.05) is 5.92 Å².